The predicted octanol–water partition coefficient (Wildman–Crippen LogP) is 3.19. The molecule has 1 N–H and O–H groups in total. The summed E-state index contributed by atoms with van der Waals surface area (Å²) in [6.45, 7) is 10.7. The van der Waals surface area contributed by atoms with Crippen molar-refractivity contribution >= 4 is 5.96 Å². The Bertz CT molecular complexity index is 586. The smallest absolute Gasteiger partial charge is 0.193 e. The third kappa shape index (κ3) is 5.95. The summed E-state index contributed by atoms with van der Waals surface area (Å²) in [5.74, 6) is 2.45. The summed E-state index contributed by atoms with van der Waals surface area (Å²) in [6, 6.07) is 11.1. The Morgan fingerprint density at radius 2 is 1.93 bits per heavy atom. The zero-order chi connectivity index (χ0) is 19.6. The van der Waals surface area contributed by atoms with Gasteiger partial charge in [-0.15, -0.1) is 0 Å². The van der Waals surface area contributed by atoms with Gasteiger partial charge in [0.05, 0.1) is 13.2 Å². The van der Waals surface area contributed by atoms with Gasteiger partial charge in [-0.3, -0.25) is 9.89 Å². The highest BCUT2D eigenvalue weighted by Crippen LogP contribution is 2.34. The third-order valence-corrected chi connectivity index (χ3v) is 6.29. The molecule has 0 aliphatic carbocycles. The molecule has 2 heterocycles. The second kappa shape index (κ2) is 11.4. The number of likely N-dealkylation sites (tertiary alicyclic amines) is 1. The minimum absolute atomic E-state index is 0.675. The van der Waals surface area contributed by atoms with Crippen LogP contribution in [0.25, 0.3) is 0 Å². The molecule has 2 unspecified atom stereocenters. The average molecular weight is 387 g/mol. The van der Waals surface area contributed by atoms with E-state index in [1.807, 2.05) is 7.05 Å². The number of hydrogen-bond acceptors (Lipinski definition) is 3. The van der Waals surface area contributed by atoms with Crippen LogP contribution in [0.5, 0.6) is 0 Å². The largest absolute Gasteiger partial charge is 0.379 e. The van der Waals surface area contributed by atoms with E-state index in [0.717, 1.165) is 51.9 Å². The molecular weight excluding hydrogens is 348 g/mol. The molecule has 0 radical (unpaired) electrons. The summed E-state index contributed by atoms with van der Waals surface area (Å²) < 4.78 is 5.42. The van der Waals surface area contributed by atoms with Gasteiger partial charge in [0.15, 0.2) is 5.96 Å². The fourth-order valence-corrected chi connectivity index (χ4v) is 4.59. The lowest BCUT2D eigenvalue weighted by molar-refractivity contribution is 0.0372. The van der Waals surface area contributed by atoms with Crippen molar-refractivity contribution in [2.24, 2.45) is 10.9 Å². The lowest BCUT2D eigenvalue weighted by atomic mass is 9.79. The van der Waals surface area contributed by atoms with Gasteiger partial charge in [0.1, 0.15) is 0 Å². The summed E-state index contributed by atoms with van der Waals surface area (Å²) in [5.41, 5.74) is 1.50. The van der Waals surface area contributed by atoms with Crippen molar-refractivity contribution < 1.29 is 4.74 Å². The molecule has 0 amide bonds. The minimum Gasteiger partial charge on any atom is -0.379 e. The minimum atomic E-state index is 0.675. The van der Waals surface area contributed by atoms with Crippen LogP contribution in [0, 0.1) is 5.92 Å². The van der Waals surface area contributed by atoms with Crippen molar-refractivity contribution in [2.75, 3.05) is 59.5 Å². The Morgan fingerprint density at radius 1 is 1.14 bits per heavy atom. The van der Waals surface area contributed by atoms with Crippen molar-refractivity contribution in [2.45, 2.75) is 38.5 Å². The quantitative estimate of drug-likeness (QED) is 0.444. The van der Waals surface area contributed by atoms with E-state index < -0.39 is 0 Å². The van der Waals surface area contributed by atoms with Crippen LogP contribution >= 0.6 is 0 Å². The second-order valence-corrected chi connectivity index (χ2v) is 8.06. The molecule has 2 fully saturated rings. The maximum Gasteiger partial charge on any atom is 0.193 e. The van der Waals surface area contributed by atoms with E-state index in [1.54, 1.807) is 0 Å². The summed E-state index contributed by atoms with van der Waals surface area (Å²) in [5, 5.41) is 3.61. The second-order valence-electron chi connectivity index (χ2n) is 8.06. The maximum absolute atomic E-state index is 5.42. The normalized spacial score (nSPS) is 24.4. The predicted molar refractivity (Wildman–Crippen MR) is 117 cm³/mol. The van der Waals surface area contributed by atoms with Gasteiger partial charge in [0, 0.05) is 39.8 Å². The number of rotatable bonds is 7. The number of piperidine rings is 1. The van der Waals surface area contributed by atoms with E-state index in [1.165, 1.54) is 37.8 Å². The van der Waals surface area contributed by atoms with E-state index in [2.05, 4.69) is 57.4 Å². The van der Waals surface area contributed by atoms with Gasteiger partial charge in [-0.2, -0.15) is 0 Å². The van der Waals surface area contributed by atoms with Crippen molar-refractivity contribution in [1.82, 2.24) is 15.1 Å². The van der Waals surface area contributed by atoms with Crippen LogP contribution in [-0.4, -0.2) is 75.3 Å². The van der Waals surface area contributed by atoms with Crippen LogP contribution < -0.4 is 5.32 Å². The first kappa shape index (κ1) is 21.1. The van der Waals surface area contributed by atoms with Crippen molar-refractivity contribution in [1.29, 1.82) is 0 Å². The molecule has 5 nitrogen and oxygen atoms in total. The van der Waals surface area contributed by atoms with Crippen molar-refractivity contribution in [3.05, 3.63) is 35.9 Å². The lowest BCUT2D eigenvalue weighted by Crippen LogP contribution is -2.48. The Labute approximate surface area is 171 Å². The molecule has 0 spiro atoms. The molecule has 0 saturated carbocycles. The molecule has 1 aromatic rings. The highest BCUT2D eigenvalue weighted by Gasteiger charge is 2.30. The van der Waals surface area contributed by atoms with E-state index >= 15 is 0 Å². The van der Waals surface area contributed by atoms with Gasteiger partial charge in [-0.05, 0) is 43.2 Å². The van der Waals surface area contributed by atoms with Crippen LogP contribution in [0.3, 0.4) is 0 Å². The SMILES string of the molecule is CCC1CN(C(=NC)NCCCCN2CCOCC2)CCC1c1ccccc1. The number of nitrogens with one attached hydrogen (secondary N) is 1. The molecule has 5 heteroatoms. The zero-order valence-electron chi connectivity index (χ0n) is 17.8. The maximum atomic E-state index is 5.42. The third-order valence-electron chi connectivity index (χ3n) is 6.29. The van der Waals surface area contributed by atoms with E-state index in [0.29, 0.717) is 11.8 Å². The van der Waals surface area contributed by atoms with Crippen LogP contribution in [0.15, 0.2) is 35.3 Å². The topological polar surface area (TPSA) is 40.1 Å². The molecule has 156 valence electrons. The highest BCUT2D eigenvalue weighted by molar-refractivity contribution is 5.80. The molecule has 0 bridgehead atoms. The Kier molecular flexibility index (Phi) is 8.62. The number of hydrogen-bond donors (Lipinski definition) is 1. The van der Waals surface area contributed by atoms with Gasteiger partial charge in [-0.25, -0.2) is 0 Å². The number of benzene rings is 1. The molecule has 2 atom stereocenters. The number of unbranched alkanes of at least 4 members (excludes halogenated alkanes) is 1. The number of morpholine rings is 1. The Balaban J connectivity index is 1.42. The van der Waals surface area contributed by atoms with Crippen LogP contribution in [0.4, 0.5) is 0 Å². The first-order valence-corrected chi connectivity index (χ1v) is 11.1. The summed E-state index contributed by atoms with van der Waals surface area (Å²) in [4.78, 5) is 9.55. The fraction of sp³-hybridized carbons (Fsp3) is 0.696. The zero-order valence-corrected chi connectivity index (χ0v) is 17.8. The van der Waals surface area contributed by atoms with Gasteiger partial charge in [0.25, 0.3) is 0 Å². The first-order valence-electron chi connectivity index (χ1n) is 11.1. The van der Waals surface area contributed by atoms with Crippen LogP contribution in [0.2, 0.25) is 0 Å². The number of aliphatic imine (C=N–C) groups is 1. The summed E-state index contributed by atoms with van der Waals surface area (Å²) >= 11 is 0. The summed E-state index contributed by atoms with van der Waals surface area (Å²) in [6.07, 6.45) is 4.85. The first-order chi connectivity index (χ1) is 13.8. The molecular formula is C23H38N4O. The van der Waals surface area contributed by atoms with Gasteiger partial charge in [-0.1, -0.05) is 43.7 Å². The van der Waals surface area contributed by atoms with Crippen LogP contribution in [-0.2, 0) is 4.74 Å². The standard InChI is InChI=1S/C23H38N4O/c1-3-20-19-27(14-11-22(20)21-9-5-4-6-10-21)23(24-2)25-12-7-8-13-26-15-17-28-18-16-26/h4-6,9-10,20,22H,3,7-8,11-19H2,1-2H3,(H,24,25). The molecule has 2 saturated heterocycles. The molecule has 28 heavy (non-hydrogen) atoms. The van der Waals surface area contributed by atoms with Gasteiger partial charge >= 0.3 is 0 Å². The molecule has 2 aliphatic heterocycles. The highest BCUT2D eigenvalue weighted by atomic mass is 16.5. The lowest BCUT2D eigenvalue weighted by Gasteiger charge is -2.40. The molecule has 3 rings (SSSR count). The Morgan fingerprint density at radius 3 is 2.64 bits per heavy atom. The summed E-state index contributed by atoms with van der Waals surface area (Å²) in [7, 11) is 1.92. The Hall–Kier alpha value is -1.59. The van der Waals surface area contributed by atoms with E-state index in [9.17, 15) is 0 Å². The molecule has 0 aromatic heterocycles. The van der Waals surface area contributed by atoms with E-state index in [-0.39, 0.29) is 0 Å². The number of ether oxygens (including phenoxy) is 1. The molecule has 1 aromatic carbocycles. The van der Waals surface area contributed by atoms with Gasteiger partial charge in [0.2, 0.25) is 0 Å². The van der Waals surface area contributed by atoms with E-state index in [4.69, 9.17) is 4.74 Å². The number of nitrogens with zero attached hydrogens (tertiary/aromatic N) is 3. The van der Waals surface area contributed by atoms with Crippen molar-refractivity contribution in [3.8, 4) is 0 Å². The number of guanidine groups is 1. The molecule has 2 aliphatic rings. The van der Waals surface area contributed by atoms with Crippen LogP contribution in [0.1, 0.15) is 44.1 Å². The van der Waals surface area contributed by atoms with Gasteiger partial charge < -0.3 is 15.0 Å². The average Bonchev–Trinajstić information content (AvgIpc) is 2.77. The fourth-order valence-electron chi connectivity index (χ4n) is 4.59. The van der Waals surface area contributed by atoms with Crippen molar-refractivity contribution in [3.63, 3.8) is 0 Å². The monoisotopic (exact) mass is 386 g/mol.